The maximum absolute atomic E-state index is 11.6. The number of aryl methyl sites for hydroxylation is 1. The summed E-state index contributed by atoms with van der Waals surface area (Å²) in [5.74, 6) is 0. The first-order valence-corrected chi connectivity index (χ1v) is 10.9. The van der Waals surface area contributed by atoms with Gasteiger partial charge in [-0.1, -0.05) is 54.1 Å². The lowest BCUT2D eigenvalue weighted by molar-refractivity contribution is 0.598. The molecular formula is C23H19N3O2S. The van der Waals surface area contributed by atoms with Gasteiger partial charge in [0, 0.05) is 23.1 Å². The molecule has 29 heavy (non-hydrogen) atoms. The molecule has 0 saturated carbocycles. The van der Waals surface area contributed by atoms with Gasteiger partial charge in [-0.15, -0.1) is 0 Å². The predicted molar refractivity (Wildman–Crippen MR) is 113 cm³/mol. The Morgan fingerprint density at radius 3 is 2.31 bits per heavy atom. The van der Waals surface area contributed by atoms with Gasteiger partial charge in [-0.05, 0) is 36.8 Å². The van der Waals surface area contributed by atoms with E-state index in [4.69, 9.17) is 10.2 Å². The Kier molecular flexibility index (Phi) is 3.94. The van der Waals surface area contributed by atoms with Crippen molar-refractivity contribution in [2.24, 2.45) is 5.14 Å². The standard InChI is InChI=1S/C23H19N3O2S/c1-15-6-8-16(9-7-15)23-21-14-17-4-2-3-5-20(17)22(21)25-26(23)18-10-12-19(13-11-18)29(24,27)28/h2-13H,14H2,1H3,(H2,24,27,28). The van der Waals surface area contributed by atoms with Crippen molar-refractivity contribution < 1.29 is 8.42 Å². The number of sulfonamides is 1. The Hall–Kier alpha value is -3.22. The molecule has 0 unspecified atom stereocenters. The zero-order chi connectivity index (χ0) is 20.2. The molecule has 0 spiro atoms. The molecule has 144 valence electrons. The van der Waals surface area contributed by atoms with E-state index < -0.39 is 10.0 Å². The highest BCUT2D eigenvalue weighted by atomic mass is 32.2. The second-order valence-electron chi connectivity index (χ2n) is 7.33. The molecule has 1 aliphatic carbocycles. The average Bonchev–Trinajstić information content (AvgIpc) is 3.24. The molecule has 0 atom stereocenters. The van der Waals surface area contributed by atoms with Crippen LogP contribution in [0.3, 0.4) is 0 Å². The topological polar surface area (TPSA) is 78.0 Å². The minimum Gasteiger partial charge on any atom is -0.232 e. The number of nitrogens with zero attached hydrogens (tertiary/aromatic N) is 2. The normalized spacial score (nSPS) is 12.6. The lowest BCUT2D eigenvalue weighted by Crippen LogP contribution is -2.12. The first kappa shape index (κ1) is 17.8. The van der Waals surface area contributed by atoms with Gasteiger partial charge >= 0.3 is 0 Å². The van der Waals surface area contributed by atoms with E-state index in [1.54, 1.807) is 12.1 Å². The van der Waals surface area contributed by atoms with Crippen molar-refractivity contribution in [3.8, 4) is 28.2 Å². The van der Waals surface area contributed by atoms with Gasteiger partial charge in [0.2, 0.25) is 10.0 Å². The first-order valence-electron chi connectivity index (χ1n) is 9.32. The van der Waals surface area contributed by atoms with E-state index in [1.807, 2.05) is 10.7 Å². The van der Waals surface area contributed by atoms with Crippen molar-refractivity contribution >= 4 is 10.0 Å². The Morgan fingerprint density at radius 1 is 0.931 bits per heavy atom. The number of primary sulfonamides is 1. The summed E-state index contributed by atoms with van der Waals surface area (Å²) in [7, 11) is -3.73. The third-order valence-electron chi connectivity index (χ3n) is 5.36. The van der Waals surface area contributed by atoms with Crippen LogP contribution in [0.1, 0.15) is 16.7 Å². The van der Waals surface area contributed by atoms with Gasteiger partial charge in [0.25, 0.3) is 0 Å². The molecule has 1 aromatic heterocycles. The highest BCUT2D eigenvalue weighted by molar-refractivity contribution is 7.89. The molecular weight excluding hydrogens is 382 g/mol. The van der Waals surface area contributed by atoms with Crippen molar-refractivity contribution in [2.45, 2.75) is 18.2 Å². The van der Waals surface area contributed by atoms with E-state index >= 15 is 0 Å². The summed E-state index contributed by atoms with van der Waals surface area (Å²) in [6.45, 7) is 2.06. The maximum Gasteiger partial charge on any atom is 0.238 e. The fourth-order valence-electron chi connectivity index (χ4n) is 3.90. The van der Waals surface area contributed by atoms with Crippen LogP contribution in [0.25, 0.3) is 28.2 Å². The molecule has 0 radical (unpaired) electrons. The monoisotopic (exact) mass is 401 g/mol. The van der Waals surface area contributed by atoms with Gasteiger partial charge in [0.1, 0.15) is 0 Å². The summed E-state index contributed by atoms with van der Waals surface area (Å²) in [6.07, 6.45) is 0.823. The third-order valence-corrected chi connectivity index (χ3v) is 6.29. The number of benzene rings is 3. The molecule has 0 bridgehead atoms. The Morgan fingerprint density at radius 2 is 1.62 bits per heavy atom. The minimum absolute atomic E-state index is 0.0863. The molecule has 1 heterocycles. The fourth-order valence-corrected chi connectivity index (χ4v) is 4.42. The Labute approximate surface area is 169 Å². The molecule has 6 heteroatoms. The summed E-state index contributed by atoms with van der Waals surface area (Å²) >= 11 is 0. The fraction of sp³-hybridized carbons (Fsp3) is 0.0870. The predicted octanol–water partition coefficient (Wildman–Crippen LogP) is 4.07. The second kappa shape index (κ2) is 6.40. The van der Waals surface area contributed by atoms with Crippen LogP contribution in [-0.2, 0) is 16.4 Å². The van der Waals surface area contributed by atoms with E-state index in [0.29, 0.717) is 0 Å². The van der Waals surface area contributed by atoms with Crippen LogP contribution in [0.15, 0.2) is 77.7 Å². The highest BCUT2D eigenvalue weighted by Gasteiger charge is 2.28. The summed E-state index contributed by atoms with van der Waals surface area (Å²) in [5.41, 5.74) is 8.67. The van der Waals surface area contributed by atoms with E-state index in [0.717, 1.165) is 34.6 Å². The molecule has 0 amide bonds. The molecule has 5 nitrogen and oxygen atoms in total. The van der Waals surface area contributed by atoms with Crippen molar-refractivity contribution in [1.82, 2.24) is 9.78 Å². The number of hydrogen-bond acceptors (Lipinski definition) is 3. The molecule has 0 aliphatic heterocycles. The van der Waals surface area contributed by atoms with Gasteiger partial charge in [0.05, 0.1) is 22.0 Å². The number of fused-ring (bicyclic) bond motifs is 3. The quantitative estimate of drug-likeness (QED) is 0.495. The average molecular weight is 401 g/mol. The van der Waals surface area contributed by atoms with E-state index in [2.05, 4.69) is 49.4 Å². The Bertz CT molecular complexity index is 1340. The van der Waals surface area contributed by atoms with Crippen LogP contribution in [0.2, 0.25) is 0 Å². The molecule has 5 rings (SSSR count). The van der Waals surface area contributed by atoms with Crippen LogP contribution in [0.4, 0.5) is 0 Å². The van der Waals surface area contributed by atoms with Gasteiger partial charge in [-0.25, -0.2) is 18.2 Å². The lowest BCUT2D eigenvalue weighted by Gasteiger charge is -2.11. The SMILES string of the molecule is Cc1ccc(-c2c3c(nn2-c2ccc(S(N)(=O)=O)cc2)-c2ccccc2C3)cc1. The first-order chi connectivity index (χ1) is 13.9. The summed E-state index contributed by atoms with van der Waals surface area (Å²) in [6, 6.07) is 23.2. The van der Waals surface area contributed by atoms with Crippen LogP contribution in [0, 0.1) is 6.92 Å². The largest absolute Gasteiger partial charge is 0.238 e. The minimum atomic E-state index is -3.73. The molecule has 2 N–H and O–H groups in total. The van der Waals surface area contributed by atoms with Crippen molar-refractivity contribution in [3.63, 3.8) is 0 Å². The van der Waals surface area contributed by atoms with Crippen molar-refractivity contribution in [1.29, 1.82) is 0 Å². The molecule has 3 aromatic carbocycles. The van der Waals surface area contributed by atoms with Crippen LogP contribution in [0.5, 0.6) is 0 Å². The number of rotatable bonds is 3. The number of nitrogens with two attached hydrogens (primary N) is 1. The smallest absolute Gasteiger partial charge is 0.232 e. The molecule has 0 saturated heterocycles. The molecule has 0 fully saturated rings. The second-order valence-corrected chi connectivity index (χ2v) is 8.89. The van der Waals surface area contributed by atoms with Crippen molar-refractivity contribution in [2.75, 3.05) is 0 Å². The van der Waals surface area contributed by atoms with Gasteiger partial charge < -0.3 is 0 Å². The van der Waals surface area contributed by atoms with Crippen LogP contribution >= 0.6 is 0 Å². The van der Waals surface area contributed by atoms with E-state index in [1.165, 1.54) is 28.8 Å². The third kappa shape index (κ3) is 2.97. The zero-order valence-electron chi connectivity index (χ0n) is 15.8. The maximum atomic E-state index is 11.6. The van der Waals surface area contributed by atoms with Gasteiger partial charge in [-0.2, -0.15) is 5.10 Å². The van der Waals surface area contributed by atoms with Gasteiger partial charge in [-0.3, -0.25) is 0 Å². The lowest BCUT2D eigenvalue weighted by atomic mass is 10.0. The summed E-state index contributed by atoms with van der Waals surface area (Å²) in [4.78, 5) is 0.0863. The van der Waals surface area contributed by atoms with Crippen LogP contribution in [-0.4, -0.2) is 18.2 Å². The van der Waals surface area contributed by atoms with E-state index in [9.17, 15) is 8.42 Å². The van der Waals surface area contributed by atoms with Crippen molar-refractivity contribution in [3.05, 3.63) is 89.5 Å². The van der Waals surface area contributed by atoms with Gasteiger partial charge in [0.15, 0.2) is 0 Å². The van der Waals surface area contributed by atoms with Crippen LogP contribution < -0.4 is 5.14 Å². The van der Waals surface area contributed by atoms with E-state index in [-0.39, 0.29) is 4.90 Å². The molecule has 4 aromatic rings. The zero-order valence-corrected chi connectivity index (χ0v) is 16.6. The summed E-state index contributed by atoms with van der Waals surface area (Å²) < 4.78 is 25.1. The Balaban J connectivity index is 1.73. The number of aromatic nitrogens is 2. The number of hydrogen-bond donors (Lipinski definition) is 1. The molecule has 1 aliphatic rings. The highest BCUT2D eigenvalue weighted by Crippen LogP contribution is 2.42. The summed E-state index contributed by atoms with van der Waals surface area (Å²) in [5, 5.41) is 10.2.